The van der Waals surface area contributed by atoms with Crippen LogP contribution in [0.15, 0.2) is 47.3 Å². The molecule has 1 aliphatic rings. The fourth-order valence-corrected chi connectivity index (χ4v) is 2.90. The molecule has 1 N–H and O–H groups in total. The van der Waals surface area contributed by atoms with E-state index >= 15 is 0 Å². The molecule has 0 spiro atoms. The maximum atomic E-state index is 12.7. The lowest BCUT2D eigenvalue weighted by Crippen LogP contribution is -2.51. The highest BCUT2D eigenvalue weighted by molar-refractivity contribution is 5.83. The Bertz CT molecular complexity index is 793. The van der Waals surface area contributed by atoms with Gasteiger partial charge in [0.15, 0.2) is 0 Å². The van der Waals surface area contributed by atoms with Crippen molar-refractivity contribution in [3.8, 4) is 11.3 Å². The third-order valence-corrected chi connectivity index (χ3v) is 4.47. The highest BCUT2D eigenvalue weighted by atomic mass is 16.5. The van der Waals surface area contributed by atoms with Gasteiger partial charge in [0, 0.05) is 24.8 Å². The molecule has 1 fully saturated rings. The molecule has 1 aromatic carbocycles. The van der Waals surface area contributed by atoms with Crippen molar-refractivity contribution in [3.05, 3.63) is 52.8 Å². The van der Waals surface area contributed by atoms with E-state index in [4.69, 9.17) is 4.74 Å². The Morgan fingerprint density at radius 2 is 2.04 bits per heavy atom. The van der Waals surface area contributed by atoms with Gasteiger partial charge in [0.1, 0.15) is 5.54 Å². The first-order chi connectivity index (χ1) is 12.0. The average molecular weight is 341 g/mol. The second kappa shape index (κ2) is 7.19. The van der Waals surface area contributed by atoms with Crippen molar-refractivity contribution in [1.82, 2.24) is 15.1 Å². The van der Waals surface area contributed by atoms with Crippen LogP contribution in [-0.2, 0) is 15.1 Å². The van der Waals surface area contributed by atoms with Crippen molar-refractivity contribution in [1.29, 1.82) is 0 Å². The number of benzene rings is 1. The molecule has 132 valence electrons. The minimum Gasteiger partial charge on any atom is -0.376 e. The summed E-state index contributed by atoms with van der Waals surface area (Å²) in [7, 11) is 0. The average Bonchev–Trinajstić information content (AvgIpc) is 3.14. The van der Waals surface area contributed by atoms with Crippen molar-refractivity contribution >= 4 is 5.91 Å². The Hall–Kier alpha value is -2.47. The molecule has 6 nitrogen and oxygen atoms in total. The zero-order valence-electron chi connectivity index (χ0n) is 14.6. The van der Waals surface area contributed by atoms with Crippen LogP contribution in [0.2, 0.25) is 0 Å². The zero-order chi connectivity index (χ0) is 17.9. The number of carbonyl (C=O) groups excluding carboxylic acids is 1. The lowest BCUT2D eigenvalue weighted by Gasteiger charge is -2.26. The third-order valence-electron chi connectivity index (χ3n) is 4.47. The van der Waals surface area contributed by atoms with Crippen molar-refractivity contribution < 1.29 is 9.53 Å². The maximum Gasteiger partial charge on any atom is 0.267 e. The van der Waals surface area contributed by atoms with Gasteiger partial charge in [-0.25, -0.2) is 4.68 Å². The zero-order valence-corrected chi connectivity index (χ0v) is 14.6. The van der Waals surface area contributed by atoms with Crippen LogP contribution in [-0.4, -0.2) is 34.9 Å². The SMILES string of the molecule is CC(C)(C(=O)NCC1CCCO1)n1nc(-c2ccccc2)ccc1=O. The van der Waals surface area contributed by atoms with Gasteiger partial charge in [-0.05, 0) is 32.8 Å². The number of carbonyl (C=O) groups is 1. The number of hydrogen-bond donors (Lipinski definition) is 1. The molecule has 1 aromatic heterocycles. The molecule has 0 aliphatic carbocycles. The summed E-state index contributed by atoms with van der Waals surface area (Å²) in [6.07, 6.45) is 2.02. The molecule has 0 saturated carbocycles. The lowest BCUT2D eigenvalue weighted by atomic mass is 10.0. The Kier molecular flexibility index (Phi) is 4.99. The van der Waals surface area contributed by atoms with E-state index in [1.165, 1.54) is 10.7 Å². The van der Waals surface area contributed by atoms with E-state index < -0.39 is 5.54 Å². The Morgan fingerprint density at radius 3 is 2.72 bits per heavy atom. The number of nitrogens with zero attached hydrogens (tertiary/aromatic N) is 2. The Labute approximate surface area is 146 Å². The molecular weight excluding hydrogens is 318 g/mol. The van der Waals surface area contributed by atoms with Crippen LogP contribution in [0.25, 0.3) is 11.3 Å². The molecule has 2 aromatic rings. The second-order valence-electron chi connectivity index (χ2n) is 6.74. The summed E-state index contributed by atoms with van der Waals surface area (Å²) in [6, 6.07) is 12.7. The van der Waals surface area contributed by atoms with Crippen LogP contribution in [0.4, 0.5) is 0 Å². The second-order valence-corrected chi connectivity index (χ2v) is 6.74. The first kappa shape index (κ1) is 17.4. The maximum absolute atomic E-state index is 12.7. The largest absolute Gasteiger partial charge is 0.376 e. The standard InChI is InChI=1S/C19H23N3O3/c1-19(2,18(24)20-13-15-9-6-12-25-15)22-17(23)11-10-16(21-22)14-7-4-3-5-8-14/h3-5,7-8,10-11,15H,6,9,12-13H2,1-2H3,(H,20,24). The molecule has 6 heteroatoms. The number of nitrogens with one attached hydrogen (secondary N) is 1. The molecule has 1 saturated heterocycles. The Morgan fingerprint density at radius 1 is 1.28 bits per heavy atom. The molecule has 25 heavy (non-hydrogen) atoms. The van der Waals surface area contributed by atoms with E-state index in [-0.39, 0.29) is 17.6 Å². The van der Waals surface area contributed by atoms with Gasteiger partial charge >= 0.3 is 0 Å². The van der Waals surface area contributed by atoms with Gasteiger partial charge in [-0.15, -0.1) is 0 Å². The summed E-state index contributed by atoms with van der Waals surface area (Å²) in [6.45, 7) is 4.58. The van der Waals surface area contributed by atoms with Crippen molar-refractivity contribution in [2.75, 3.05) is 13.2 Å². The van der Waals surface area contributed by atoms with E-state index in [1.54, 1.807) is 19.9 Å². The highest BCUT2D eigenvalue weighted by Gasteiger charge is 2.32. The van der Waals surface area contributed by atoms with Crippen LogP contribution in [0, 0.1) is 0 Å². The van der Waals surface area contributed by atoms with Crippen LogP contribution in [0.5, 0.6) is 0 Å². The monoisotopic (exact) mass is 341 g/mol. The van der Waals surface area contributed by atoms with E-state index in [1.807, 2.05) is 30.3 Å². The summed E-state index contributed by atoms with van der Waals surface area (Å²) >= 11 is 0. The van der Waals surface area contributed by atoms with Crippen LogP contribution in [0.3, 0.4) is 0 Å². The molecule has 1 aliphatic heterocycles. The van der Waals surface area contributed by atoms with Gasteiger partial charge in [0.25, 0.3) is 5.56 Å². The molecule has 0 radical (unpaired) electrons. The molecule has 1 unspecified atom stereocenters. The summed E-state index contributed by atoms with van der Waals surface area (Å²) in [4.78, 5) is 25.0. The fraction of sp³-hybridized carbons (Fsp3) is 0.421. The van der Waals surface area contributed by atoms with Gasteiger partial charge in [-0.3, -0.25) is 9.59 Å². The van der Waals surface area contributed by atoms with E-state index in [9.17, 15) is 9.59 Å². The smallest absolute Gasteiger partial charge is 0.267 e. The normalized spacial score (nSPS) is 17.4. The van der Waals surface area contributed by atoms with Crippen molar-refractivity contribution in [2.24, 2.45) is 0 Å². The quantitative estimate of drug-likeness (QED) is 0.902. The fourth-order valence-electron chi connectivity index (χ4n) is 2.90. The van der Waals surface area contributed by atoms with E-state index in [2.05, 4.69) is 10.4 Å². The van der Waals surface area contributed by atoms with Crippen LogP contribution < -0.4 is 10.9 Å². The predicted molar refractivity (Wildman–Crippen MR) is 95.2 cm³/mol. The molecule has 1 amide bonds. The van der Waals surface area contributed by atoms with Crippen LogP contribution >= 0.6 is 0 Å². The number of hydrogen-bond acceptors (Lipinski definition) is 4. The van der Waals surface area contributed by atoms with Gasteiger partial charge in [0.05, 0.1) is 11.8 Å². The third kappa shape index (κ3) is 3.79. The van der Waals surface area contributed by atoms with Gasteiger partial charge in [-0.1, -0.05) is 30.3 Å². The highest BCUT2D eigenvalue weighted by Crippen LogP contribution is 2.18. The molecule has 0 bridgehead atoms. The number of rotatable bonds is 5. The molecule has 3 rings (SSSR count). The number of aromatic nitrogens is 2. The summed E-state index contributed by atoms with van der Waals surface area (Å²) < 4.78 is 6.77. The summed E-state index contributed by atoms with van der Waals surface area (Å²) in [5, 5.41) is 7.31. The lowest BCUT2D eigenvalue weighted by molar-refractivity contribution is -0.129. The molecule has 2 heterocycles. The Balaban J connectivity index is 1.83. The minimum absolute atomic E-state index is 0.0556. The van der Waals surface area contributed by atoms with Crippen LogP contribution in [0.1, 0.15) is 26.7 Å². The summed E-state index contributed by atoms with van der Waals surface area (Å²) in [5.74, 6) is -0.247. The summed E-state index contributed by atoms with van der Waals surface area (Å²) in [5.41, 5.74) is 0.143. The number of ether oxygens (including phenoxy) is 1. The minimum atomic E-state index is -1.10. The first-order valence-electron chi connectivity index (χ1n) is 8.54. The molecular formula is C19H23N3O3. The van der Waals surface area contributed by atoms with Gasteiger partial charge in [-0.2, -0.15) is 5.10 Å². The molecule has 1 atom stereocenters. The number of amides is 1. The van der Waals surface area contributed by atoms with Crippen molar-refractivity contribution in [3.63, 3.8) is 0 Å². The van der Waals surface area contributed by atoms with Gasteiger partial charge in [0.2, 0.25) is 5.91 Å². The van der Waals surface area contributed by atoms with E-state index in [0.717, 1.165) is 25.0 Å². The first-order valence-corrected chi connectivity index (χ1v) is 8.54. The van der Waals surface area contributed by atoms with Gasteiger partial charge < -0.3 is 10.1 Å². The predicted octanol–water partition coefficient (Wildman–Crippen LogP) is 1.94. The van der Waals surface area contributed by atoms with Crippen molar-refractivity contribution in [2.45, 2.75) is 38.3 Å². The topological polar surface area (TPSA) is 73.2 Å². The van der Waals surface area contributed by atoms with E-state index in [0.29, 0.717) is 12.2 Å².